The minimum atomic E-state index is -0.0551. The van der Waals surface area contributed by atoms with E-state index in [2.05, 4.69) is 10.6 Å². The van der Waals surface area contributed by atoms with Gasteiger partial charge in [-0.15, -0.1) is 0 Å². The third-order valence-corrected chi connectivity index (χ3v) is 3.40. The largest absolute Gasteiger partial charge is 0.385 e. The Bertz CT molecular complexity index is 596. The molecule has 0 unspecified atom stereocenters. The molecular weight excluding hydrogens is 284 g/mol. The van der Waals surface area contributed by atoms with Crippen molar-refractivity contribution < 1.29 is 4.79 Å². The Morgan fingerprint density at radius 2 is 1.81 bits per heavy atom. The second kappa shape index (κ2) is 7.70. The summed E-state index contributed by atoms with van der Waals surface area (Å²) >= 11 is 5.85. The summed E-state index contributed by atoms with van der Waals surface area (Å²) in [6.07, 6.45) is 0.784. The van der Waals surface area contributed by atoms with Crippen molar-refractivity contribution in [3.63, 3.8) is 0 Å². The van der Waals surface area contributed by atoms with E-state index < -0.39 is 0 Å². The van der Waals surface area contributed by atoms with Gasteiger partial charge >= 0.3 is 0 Å². The summed E-state index contributed by atoms with van der Waals surface area (Å²) in [5, 5.41) is 6.87. The van der Waals surface area contributed by atoms with Gasteiger partial charge in [0.25, 0.3) is 5.91 Å². The van der Waals surface area contributed by atoms with Crippen LogP contribution >= 0.6 is 11.6 Å². The first kappa shape index (κ1) is 15.4. The molecule has 0 heterocycles. The van der Waals surface area contributed by atoms with E-state index in [4.69, 9.17) is 11.6 Å². The maximum absolute atomic E-state index is 12.2. The smallest absolute Gasteiger partial charge is 0.253 e. The molecule has 110 valence electrons. The first-order chi connectivity index (χ1) is 10.2. The van der Waals surface area contributed by atoms with Gasteiger partial charge in [0.05, 0.1) is 5.56 Å². The minimum absolute atomic E-state index is 0.0551. The molecule has 0 aliphatic carbocycles. The first-order valence-electron chi connectivity index (χ1n) is 7.06. The molecule has 0 bridgehead atoms. The van der Waals surface area contributed by atoms with Gasteiger partial charge in [0.1, 0.15) is 0 Å². The van der Waals surface area contributed by atoms with Crippen LogP contribution in [0.1, 0.15) is 22.8 Å². The van der Waals surface area contributed by atoms with Gasteiger partial charge in [-0.3, -0.25) is 4.79 Å². The van der Waals surface area contributed by atoms with Crippen LogP contribution in [0.15, 0.2) is 48.5 Å². The molecule has 0 atom stereocenters. The fourth-order valence-corrected chi connectivity index (χ4v) is 2.22. The van der Waals surface area contributed by atoms with Crippen LogP contribution in [0, 0.1) is 0 Å². The van der Waals surface area contributed by atoms with Crippen LogP contribution < -0.4 is 10.6 Å². The molecule has 0 aromatic heterocycles. The number of rotatable bonds is 6. The van der Waals surface area contributed by atoms with Crippen LogP contribution in [-0.2, 0) is 6.42 Å². The maximum atomic E-state index is 12.2. The average molecular weight is 303 g/mol. The van der Waals surface area contributed by atoms with Crippen molar-refractivity contribution in [2.24, 2.45) is 0 Å². The summed E-state index contributed by atoms with van der Waals surface area (Å²) in [4.78, 5) is 12.2. The number of nitrogens with one attached hydrogen (secondary N) is 2. The fraction of sp³-hybridized carbons (Fsp3) is 0.235. The van der Waals surface area contributed by atoms with Crippen molar-refractivity contribution in [2.45, 2.75) is 13.3 Å². The molecule has 0 spiro atoms. The Hall–Kier alpha value is -2.00. The molecule has 2 N–H and O–H groups in total. The van der Waals surface area contributed by atoms with Crippen LogP contribution in [0.2, 0.25) is 5.02 Å². The van der Waals surface area contributed by atoms with E-state index in [1.165, 1.54) is 0 Å². The molecule has 0 aliphatic heterocycles. The highest BCUT2D eigenvalue weighted by atomic mass is 35.5. The molecule has 0 saturated carbocycles. The lowest BCUT2D eigenvalue weighted by Gasteiger charge is -2.11. The summed E-state index contributed by atoms with van der Waals surface area (Å²) in [7, 11) is 0. The van der Waals surface area contributed by atoms with E-state index in [0.29, 0.717) is 12.1 Å². The van der Waals surface area contributed by atoms with Gasteiger partial charge in [0.15, 0.2) is 0 Å². The Labute approximate surface area is 130 Å². The molecule has 3 nitrogen and oxygen atoms in total. The Kier molecular flexibility index (Phi) is 5.64. The maximum Gasteiger partial charge on any atom is 0.253 e. The van der Waals surface area contributed by atoms with E-state index in [-0.39, 0.29) is 5.91 Å². The van der Waals surface area contributed by atoms with Gasteiger partial charge in [-0.25, -0.2) is 0 Å². The van der Waals surface area contributed by atoms with E-state index in [1.807, 2.05) is 55.5 Å². The monoisotopic (exact) mass is 302 g/mol. The van der Waals surface area contributed by atoms with Crippen LogP contribution in [0.25, 0.3) is 0 Å². The van der Waals surface area contributed by atoms with Crippen molar-refractivity contribution in [1.29, 1.82) is 0 Å². The van der Waals surface area contributed by atoms with Crippen molar-refractivity contribution in [3.8, 4) is 0 Å². The van der Waals surface area contributed by atoms with Crippen molar-refractivity contribution in [2.75, 3.05) is 18.4 Å². The molecule has 4 heteroatoms. The molecule has 21 heavy (non-hydrogen) atoms. The summed E-state index contributed by atoms with van der Waals surface area (Å²) < 4.78 is 0. The number of carbonyl (C=O) groups is 1. The van der Waals surface area contributed by atoms with Gasteiger partial charge in [0.2, 0.25) is 0 Å². The molecule has 0 saturated heterocycles. The number of amides is 1. The lowest BCUT2D eigenvalue weighted by Crippen LogP contribution is -2.26. The molecule has 0 fully saturated rings. The second-order valence-corrected chi connectivity index (χ2v) is 5.14. The first-order valence-corrected chi connectivity index (χ1v) is 7.44. The Morgan fingerprint density at radius 3 is 2.52 bits per heavy atom. The van der Waals surface area contributed by atoms with Gasteiger partial charge in [-0.1, -0.05) is 35.9 Å². The summed E-state index contributed by atoms with van der Waals surface area (Å²) in [6.45, 7) is 3.39. The van der Waals surface area contributed by atoms with Crippen molar-refractivity contribution >= 4 is 23.2 Å². The molecule has 2 rings (SSSR count). The highest BCUT2D eigenvalue weighted by Crippen LogP contribution is 2.14. The molecule has 0 radical (unpaired) electrons. The lowest BCUT2D eigenvalue weighted by atomic mass is 10.1. The van der Waals surface area contributed by atoms with E-state index in [0.717, 1.165) is 29.2 Å². The predicted octanol–water partition coefficient (Wildman–Crippen LogP) is 3.74. The SMILES string of the molecule is CCNc1ccccc1C(=O)NCCc1ccc(Cl)cc1. The van der Waals surface area contributed by atoms with Crippen LogP contribution in [0.4, 0.5) is 5.69 Å². The van der Waals surface area contributed by atoms with Gasteiger partial charge in [-0.2, -0.15) is 0 Å². The van der Waals surface area contributed by atoms with E-state index in [1.54, 1.807) is 0 Å². The number of carbonyl (C=O) groups excluding carboxylic acids is 1. The normalized spacial score (nSPS) is 10.2. The number of para-hydroxylation sites is 1. The summed E-state index contributed by atoms with van der Waals surface area (Å²) in [5.74, 6) is -0.0551. The molecule has 2 aromatic carbocycles. The van der Waals surface area contributed by atoms with Gasteiger partial charge in [-0.05, 0) is 43.2 Å². The summed E-state index contributed by atoms with van der Waals surface area (Å²) in [5.41, 5.74) is 2.69. The van der Waals surface area contributed by atoms with E-state index in [9.17, 15) is 4.79 Å². The third kappa shape index (κ3) is 4.50. The zero-order chi connectivity index (χ0) is 15.1. The fourth-order valence-electron chi connectivity index (χ4n) is 2.09. The van der Waals surface area contributed by atoms with Crippen LogP contribution in [0.3, 0.4) is 0 Å². The molecular formula is C17H19ClN2O. The minimum Gasteiger partial charge on any atom is -0.385 e. The van der Waals surface area contributed by atoms with Crippen LogP contribution in [-0.4, -0.2) is 19.0 Å². The average Bonchev–Trinajstić information content (AvgIpc) is 2.50. The summed E-state index contributed by atoms with van der Waals surface area (Å²) in [6, 6.07) is 15.2. The third-order valence-electron chi connectivity index (χ3n) is 3.15. The van der Waals surface area contributed by atoms with E-state index >= 15 is 0 Å². The van der Waals surface area contributed by atoms with Crippen LogP contribution in [0.5, 0.6) is 0 Å². The Morgan fingerprint density at radius 1 is 1.10 bits per heavy atom. The highest BCUT2D eigenvalue weighted by molar-refractivity contribution is 6.30. The van der Waals surface area contributed by atoms with Crippen molar-refractivity contribution in [3.05, 3.63) is 64.7 Å². The van der Waals surface area contributed by atoms with Crippen molar-refractivity contribution in [1.82, 2.24) is 5.32 Å². The molecule has 1 amide bonds. The zero-order valence-electron chi connectivity index (χ0n) is 12.0. The standard InChI is InChI=1S/C17H19ClN2O/c1-2-19-16-6-4-3-5-15(16)17(21)20-12-11-13-7-9-14(18)10-8-13/h3-10,19H,2,11-12H2,1H3,(H,20,21). The topological polar surface area (TPSA) is 41.1 Å². The number of hydrogen-bond donors (Lipinski definition) is 2. The number of anilines is 1. The quantitative estimate of drug-likeness (QED) is 0.853. The Balaban J connectivity index is 1.91. The van der Waals surface area contributed by atoms with Gasteiger partial charge in [0, 0.05) is 23.8 Å². The highest BCUT2D eigenvalue weighted by Gasteiger charge is 2.09. The second-order valence-electron chi connectivity index (χ2n) is 4.71. The predicted molar refractivity (Wildman–Crippen MR) is 88.1 cm³/mol. The van der Waals surface area contributed by atoms with Gasteiger partial charge < -0.3 is 10.6 Å². The molecule has 0 aliphatic rings. The molecule has 2 aromatic rings. The lowest BCUT2D eigenvalue weighted by molar-refractivity contribution is 0.0955. The number of hydrogen-bond acceptors (Lipinski definition) is 2. The number of benzene rings is 2. The zero-order valence-corrected chi connectivity index (χ0v) is 12.8. The number of halogens is 1.